The Morgan fingerprint density at radius 1 is 0.879 bits per heavy atom. The molecule has 0 N–H and O–H groups in total. The van der Waals surface area contributed by atoms with E-state index in [0.29, 0.717) is 18.1 Å². The van der Waals surface area contributed by atoms with Crippen molar-refractivity contribution in [2.45, 2.75) is 78.6 Å². The lowest BCUT2D eigenvalue weighted by Gasteiger charge is -2.09. The fourth-order valence-corrected chi connectivity index (χ4v) is 3.33. The second-order valence-electron chi connectivity index (χ2n) is 8.81. The van der Waals surface area contributed by atoms with Gasteiger partial charge in [-0.25, -0.2) is 4.79 Å². The summed E-state index contributed by atoms with van der Waals surface area (Å²) < 4.78 is 11.2. The summed E-state index contributed by atoms with van der Waals surface area (Å²) >= 11 is 0. The van der Waals surface area contributed by atoms with Gasteiger partial charge in [0.2, 0.25) is 0 Å². The molecule has 2 aromatic rings. The van der Waals surface area contributed by atoms with Gasteiger partial charge < -0.3 is 9.47 Å². The average molecular weight is 452 g/mol. The van der Waals surface area contributed by atoms with Crippen molar-refractivity contribution < 1.29 is 14.3 Å². The minimum absolute atomic E-state index is 0.277. The van der Waals surface area contributed by atoms with Gasteiger partial charge in [0.25, 0.3) is 0 Å². The molecule has 1 atom stereocenters. The Kier molecular flexibility index (Phi) is 13.0. The van der Waals surface area contributed by atoms with Crippen LogP contribution in [0.15, 0.2) is 53.5 Å². The number of benzene rings is 2. The zero-order chi connectivity index (χ0) is 23.7. The summed E-state index contributed by atoms with van der Waals surface area (Å²) in [4.78, 5) is 16.6. The molecule has 0 amide bonds. The number of nitrogens with zero attached hydrogens (tertiary/aromatic N) is 1. The third-order valence-electron chi connectivity index (χ3n) is 5.81. The molecule has 0 spiro atoms. The van der Waals surface area contributed by atoms with Crippen molar-refractivity contribution >= 4 is 17.9 Å². The van der Waals surface area contributed by atoms with Crippen molar-refractivity contribution in [1.82, 2.24) is 0 Å². The Morgan fingerprint density at radius 2 is 1.52 bits per heavy atom. The molecule has 1 unspecified atom stereocenters. The van der Waals surface area contributed by atoms with Gasteiger partial charge in [-0.2, -0.15) is 0 Å². The Morgan fingerprint density at radius 3 is 2.15 bits per heavy atom. The SMILES string of the molecule is CCCCCCCCCCOc1ccc(N=Cc2ccc(C(=O)OCC(C)CC)cc2)cc1. The lowest BCUT2D eigenvalue weighted by atomic mass is 10.1. The van der Waals surface area contributed by atoms with E-state index in [1.54, 1.807) is 18.3 Å². The molecule has 0 saturated heterocycles. The number of hydrogen-bond acceptors (Lipinski definition) is 4. The molecule has 4 nitrogen and oxygen atoms in total. The fraction of sp³-hybridized carbons (Fsp3) is 0.517. The molecule has 4 heteroatoms. The van der Waals surface area contributed by atoms with E-state index in [1.807, 2.05) is 36.4 Å². The molecular formula is C29H41NO3. The Hall–Kier alpha value is -2.62. The normalized spacial score (nSPS) is 12.1. The Balaban J connectivity index is 1.69. The maximum absolute atomic E-state index is 12.1. The highest BCUT2D eigenvalue weighted by molar-refractivity contribution is 5.91. The van der Waals surface area contributed by atoms with Crippen LogP contribution in [0.4, 0.5) is 5.69 Å². The lowest BCUT2D eigenvalue weighted by molar-refractivity contribution is 0.0447. The van der Waals surface area contributed by atoms with Gasteiger partial charge in [-0.05, 0) is 54.3 Å². The van der Waals surface area contributed by atoms with Gasteiger partial charge in [0, 0.05) is 6.21 Å². The van der Waals surface area contributed by atoms with Gasteiger partial charge in [0.15, 0.2) is 0 Å². The van der Waals surface area contributed by atoms with E-state index in [2.05, 4.69) is 25.8 Å². The summed E-state index contributed by atoms with van der Waals surface area (Å²) in [6, 6.07) is 15.2. The highest BCUT2D eigenvalue weighted by atomic mass is 16.5. The minimum Gasteiger partial charge on any atom is -0.494 e. The first-order valence-electron chi connectivity index (χ1n) is 12.7. The summed E-state index contributed by atoms with van der Waals surface area (Å²) in [5.41, 5.74) is 2.36. The number of carbonyl (C=O) groups excluding carboxylic acids is 1. The second-order valence-corrected chi connectivity index (χ2v) is 8.81. The van der Waals surface area contributed by atoms with Crippen molar-refractivity contribution in [3.05, 3.63) is 59.7 Å². The van der Waals surface area contributed by atoms with Gasteiger partial charge in [0.05, 0.1) is 24.5 Å². The third-order valence-corrected chi connectivity index (χ3v) is 5.81. The molecule has 0 aliphatic carbocycles. The van der Waals surface area contributed by atoms with Crippen LogP contribution in [0.2, 0.25) is 0 Å². The van der Waals surface area contributed by atoms with Crippen molar-refractivity contribution in [3.63, 3.8) is 0 Å². The molecule has 0 bridgehead atoms. The molecular weight excluding hydrogens is 410 g/mol. The standard InChI is InChI=1S/C29H41NO3/c1-4-6-7-8-9-10-11-12-21-32-28-19-17-27(18-20-28)30-22-25-13-15-26(16-14-25)29(31)33-23-24(3)5-2/h13-20,22,24H,4-12,21,23H2,1-3H3. The Bertz CT molecular complexity index is 812. The van der Waals surface area contributed by atoms with Gasteiger partial charge in [-0.3, -0.25) is 4.99 Å². The molecule has 0 radical (unpaired) electrons. The fourth-order valence-electron chi connectivity index (χ4n) is 3.33. The van der Waals surface area contributed by atoms with E-state index >= 15 is 0 Å². The molecule has 0 aliphatic heterocycles. The maximum atomic E-state index is 12.1. The maximum Gasteiger partial charge on any atom is 0.338 e. The molecule has 0 saturated carbocycles. The predicted octanol–water partition coefficient (Wildman–Crippen LogP) is 8.16. The summed E-state index contributed by atoms with van der Waals surface area (Å²) in [6.07, 6.45) is 13.2. The van der Waals surface area contributed by atoms with Crippen LogP contribution < -0.4 is 4.74 Å². The van der Waals surface area contributed by atoms with Crippen molar-refractivity contribution in [3.8, 4) is 5.75 Å². The molecule has 0 aliphatic rings. The quantitative estimate of drug-likeness (QED) is 0.147. The van der Waals surface area contributed by atoms with Crippen molar-refractivity contribution in [2.24, 2.45) is 10.9 Å². The zero-order valence-electron chi connectivity index (χ0n) is 20.7. The topological polar surface area (TPSA) is 47.9 Å². The van der Waals surface area contributed by atoms with Gasteiger partial charge >= 0.3 is 5.97 Å². The Labute approximate surface area is 200 Å². The second kappa shape index (κ2) is 16.1. The third kappa shape index (κ3) is 11.2. The summed E-state index contributed by atoms with van der Waals surface area (Å²) in [6.45, 7) is 7.64. The predicted molar refractivity (Wildman–Crippen MR) is 138 cm³/mol. The molecule has 2 aromatic carbocycles. The molecule has 180 valence electrons. The van der Waals surface area contributed by atoms with E-state index < -0.39 is 0 Å². The number of esters is 1. The van der Waals surface area contributed by atoms with Crippen LogP contribution in [0, 0.1) is 5.92 Å². The van der Waals surface area contributed by atoms with Gasteiger partial charge in [-0.1, -0.05) is 84.3 Å². The van der Waals surface area contributed by atoms with Crippen molar-refractivity contribution in [2.75, 3.05) is 13.2 Å². The molecule has 0 fully saturated rings. The lowest BCUT2D eigenvalue weighted by Crippen LogP contribution is -2.11. The smallest absolute Gasteiger partial charge is 0.338 e. The van der Waals surface area contributed by atoms with Crippen LogP contribution >= 0.6 is 0 Å². The van der Waals surface area contributed by atoms with E-state index in [4.69, 9.17) is 9.47 Å². The van der Waals surface area contributed by atoms with Crippen molar-refractivity contribution in [1.29, 1.82) is 0 Å². The highest BCUT2D eigenvalue weighted by Crippen LogP contribution is 2.19. The number of unbranched alkanes of at least 4 members (excludes halogenated alkanes) is 7. The monoisotopic (exact) mass is 451 g/mol. The van der Waals surface area contributed by atoms with Crippen LogP contribution in [-0.4, -0.2) is 25.4 Å². The van der Waals surface area contributed by atoms with Crippen LogP contribution in [0.25, 0.3) is 0 Å². The van der Waals surface area contributed by atoms with E-state index in [1.165, 1.54) is 44.9 Å². The van der Waals surface area contributed by atoms with E-state index in [0.717, 1.165) is 36.4 Å². The van der Waals surface area contributed by atoms with Gasteiger partial charge in [-0.15, -0.1) is 0 Å². The molecule has 33 heavy (non-hydrogen) atoms. The number of rotatable bonds is 16. The van der Waals surface area contributed by atoms with Crippen LogP contribution in [0.5, 0.6) is 5.75 Å². The summed E-state index contributed by atoms with van der Waals surface area (Å²) in [5, 5.41) is 0. The van der Waals surface area contributed by atoms with Crippen LogP contribution in [0.1, 0.15) is 94.5 Å². The number of aliphatic imine (C=N–C) groups is 1. The number of hydrogen-bond donors (Lipinski definition) is 0. The first kappa shape index (κ1) is 26.6. The first-order chi connectivity index (χ1) is 16.1. The van der Waals surface area contributed by atoms with Crippen LogP contribution in [0.3, 0.4) is 0 Å². The molecule has 0 heterocycles. The summed E-state index contributed by atoms with van der Waals surface area (Å²) in [7, 11) is 0. The van der Waals surface area contributed by atoms with Gasteiger partial charge in [0.1, 0.15) is 5.75 Å². The van der Waals surface area contributed by atoms with E-state index in [9.17, 15) is 4.79 Å². The zero-order valence-corrected chi connectivity index (χ0v) is 20.7. The molecule has 2 rings (SSSR count). The number of carbonyl (C=O) groups is 1. The minimum atomic E-state index is -0.277. The molecule has 0 aromatic heterocycles. The average Bonchev–Trinajstić information content (AvgIpc) is 2.85. The number of ether oxygens (including phenoxy) is 2. The summed E-state index contributed by atoms with van der Waals surface area (Å²) in [5.74, 6) is 0.987. The van der Waals surface area contributed by atoms with E-state index in [-0.39, 0.29) is 5.97 Å². The highest BCUT2D eigenvalue weighted by Gasteiger charge is 2.08. The van der Waals surface area contributed by atoms with Crippen LogP contribution in [-0.2, 0) is 4.74 Å². The largest absolute Gasteiger partial charge is 0.494 e. The first-order valence-corrected chi connectivity index (χ1v) is 12.7.